The standard InChI is InChI=1S/C17H24O2/c1-15(2,13-5-9-16(3,18)10-6-13)14-7-11-17(4,19)12-8-14/h5-9,11,18-19H,10,12H2,1-4H3. The second kappa shape index (κ2) is 4.46. The summed E-state index contributed by atoms with van der Waals surface area (Å²) in [5.74, 6) is 0. The Morgan fingerprint density at radius 2 is 1.26 bits per heavy atom. The summed E-state index contributed by atoms with van der Waals surface area (Å²) in [7, 11) is 0. The third kappa shape index (κ3) is 3.07. The number of aliphatic hydroxyl groups is 2. The van der Waals surface area contributed by atoms with E-state index in [1.807, 2.05) is 38.2 Å². The molecule has 0 fully saturated rings. The van der Waals surface area contributed by atoms with Crippen LogP contribution in [0.3, 0.4) is 0 Å². The fourth-order valence-corrected chi connectivity index (χ4v) is 2.54. The van der Waals surface area contributed by atoms with E-state index in [4.69, 9.17) is 0 Å². The van der Waals surface area contributed by atoms with E-state index in [2.05, 4.69) is 26.0 Å². The van der Waals surface area contributed by atoms with Crippen LogP contribution >= 0.6 is 0 Å². The molecular formula is C17H24O2. The van der Waals surface area contributed by atoms with Crippen LogP contribution in [0.1, 0.15) is 40.5 Å². The zero-order valence-electron chi connectivity index (χ0n) is 12.3. The summed E-state index contributed by atoms with van der Waals surface area (Å²) >= 11 is 0. The lowest BCUT2D eigenvalue weighted by molar-refractivity contribution is 0.112. The largest absolute Gasteiger partial charge is 0.386 e. The van der Waals surface area contributed by atoms with Crippen molar-refractivity contribution in [1.82, 2.24) is 0 Å². The highest BCUT2D eigenvalue weighted by Gasteiger charge is 2.31. The molecule has 2 atom stereocenters. The lowest BCUT2D eigenvalue weighted by Crippen LogP contribution is -2.28. The molecule has 0 spiro atoms. The van der Waals surface area contributed by atoms with E-state index in [9.17, 15) is 10.2 Å². The Bertz CT molecular complexity index is 441. The van der Waals surface area contributed by atoms with Gasteiger partial charge in [-0.3, -0.25) is 0 Å². The number of allylic oxidation sites excluding steroid dienone is 4. The molecule has 0 saturated carbocycles. The molecule has 2 N–H and O–H groups in total. The Morgan fingerprint density at radius 3 is 1.53 bits per heavy atom. The first-order chi connectivity index (χ1) is 8.62. The molecule has 104 valence electrons. The van der Waals surface area contributed by atoms with Crippen molar-refractivity contribution in [2.75, 3.05) is 0 Å². The van der Waals surface area contributed by atoms with Crippen molar-refractivity contribution in [2.45, 2.75) is 51.7 Å². The van der Waals surface area contributed by atoms with Crippen LogP contribution in [-0.4, -0.2) is 21.4 Å². The molecule has 2 nitrogen and oxygen atoms in total. The molecule has 0 aromatic heterocycles. The van der Waals surface area contributed by atoms with Crippen molar-refractivity contribution in [2.24, 2.45) is 5.41 Å². The van der Waals surface area contributed by atoms with Gasteiger partial charge in [0.25, 0.3) is 0 Å². The minimum atomic E-state index is -0.722. The fraction of sp³-hybridized carbons (Fsp3) is 0.529. The maximum absolute atomic E-state index is 9.94. The average molecular weight is 260 g/mol. The van der Waals surface area contributed by atoms with Crippen LogP contribution in [0.25, 0.3) is 0 Å². The van der Waals surface area contributed by atoms with Gasteiger partial charge in [-0.15, -0.1) is 0 Å². The number of rotatable bonds is 2. The minimum Gasteiger partial charge on any atom is -0.386 e. The van der Waals surface area contributed by atoms with E-state index < -0.39 is 11.2 Å². The summed E-state index contributed by atoms with van der Waals surface area (Å²) in [5, 5.41) is 19.9. The summed E-state index contributed by atoms with van der Waals surface area (Å²) in [6.45, 7) is 8.00. The molecule has 0 aromatic carbocycles. The second-order valence-electron chi connectivity index (χ2n) is 6.73. The highest BCUT2D eigenvalue weighted by atomic mass is 16.3. The normalized spacial score (nSPS) is 35.1. The maximum atomic E-state index is 9.94. The Kier molecular flexibility index (Phi) is 3.36. The Balaban J connectivity index is 2.21. The van der Waals surface area contributed by atoms with Crippen molar-refractivity contribution in [1.29, 1.82) is 0 Å². The predicted octanol–water partition coefficient (Wildman–Crippen LogP) is 3.29. The van der Waals surface area contributed by atoms with Gasteiger partial charge in [-0.2, -0.15) is 0 Å². The molecule has 0 aliphatic heterocycles. The van der Waals surface area contributed by atoms with E-state index in [1.165, 1.54) is 11.1 Å². The van der Waals surface area contributed by atoms with Gasteiger partial charge in [-0.1, -0.05) is 50.3 Å². The van der Waals surface area contributed by atoms with E-state index in [0.29, 0.717) is 12.8 Å². The molecule has 2 rings (SSSR count). The van der Waals surface area contributed by atoms with Crippen LogP contribution in [0.5, 0.6) is 0 Å². The van der Waals surface area contributed by atoms with Gasteiger partial charge in [0.2, 0.25) is 0 Å². The zero-order valence-corrected chi connectivity index (χ0v) is 12.3. The van der Waals surface area contributed by atoms with E-state index in [1.54, 1.807) is 0 Å². The monoisotopic (exact) mass is 260 g/mol. The van der Waals surface area contributed by atoms with Crippen LogP contribution in [0.15, 0.2) is 47.6 Å². The predicted molar refractivity (Wildman–Crippen MR) is 78.7 cm³/mol. The topological polar surface area (TPSA) is 40.5 Å². The maximum Gasteiger partial charge on any atom is 0.0837 e. The lowest BCUT2D eigenvalue weighted by Gasteiger charge is -2.34. The van der Waals surface area contributed by atoms with Crippen LogP contribution < -0.4 is 0 Å². The van der Waals surface area contributed by atoms with Gasteiger partial charge in [-0.05, 0) is 37.8 Å². The highest BCUT2D eigenvalue weighted by Crippen LogP contribution is 2.41. The molecule has 0 bridgehead atoms. The molecule has 19 heavy (non-hydrogen) atoms. The molecular weight excluding hydrogens is 236 g/mol. The molecule has 2 aliphatic carbocycles. The summed E-state index contributed by atoms with van der Waals surface area (Å²) in [6, 6.07) is 0. The first kappa shape index (κ1) is 14.3. The SMILES string of the molecule is CC1(O)C=CC(C(C)(C)C2=CCC(C)(O)C=C2)=CC1. The first-order valence-corrected chi connectivity index (χ1v) is 6.87. The molecule has 0 radical (unpaired) electrons. The summed E-state index contributed by atoms with van der Waals surface area (Å²) in [4.78, 5) is 0. The van der Waals surface area contributed by atoms with Crippen LogP contribution in [0.2, 0.25) is 0 Å². The second-order valence-corrected chi connectivity index (χ2v) is 6.73. The third-order valence-electron chi connectivity index (χ3n) is 4.16. The van der Waals surface area contributed by atoms with Crippen LogP contribution in [-0.2, 0) is 0 Å². The van der Waals surface area contributed by atoms with Crippen molar-refractivity contribution in [3.8, 4) is 0 Å². The van der Waals surface area contributed by atoms with Crippen molar-refractivity contribution < 1.29 is 10.2 Å². The fourth-order valence-electron chi connectivity index (χ4n) is 2.54. The number of hydrogen-bond acceptors (Lipinski definition) is 2. The average Bonchev–Trinajstić information content (AvgIpc) is 2.27. The van der Waals surface area contributed by atoms with Gasteiger partial charge in [0.1, 0.15) is 0 Å². The van der Waals surface area contributed by atoms with Gasteiger partial charge in [0, 0.05) is 5.41 Å². The molecule has 2 aliphatic rings. The molecule has 2 heteroatoms. The smallest absolute Gasteiger partial charge is 0.0837 e. The summed E-state index contributed by atoms with van der Waals surface area (Å²) < 4.78 is 0. The van der Waals surface area contributed by atoms with Gasteiger partial charge < -0.3 is 10.2 Å². The molecule has 0 aromatic rings. The van der Waals surface area contributed by atoms with Gasteiger partial charge in [0.05, 0.1) is 11.2 Å². The lowest BCUT2D eigenvalue weighted by atomic mass is 9.72. The Hall–Kier alpha value is -1.12. The highest BCUT2D eigenvalue weighted by molar-refractivity contribution is 5.44. The van der Waals surface area contributed by atoms with E-state index >= 15 is 0 Å². The third-order valence-corrected chi connectivity index (χ3v) is 4.16. The van der Waals surface area contributed by atoms with Crippen molar-refractivity contribution >= 4 is 0 Å². The minimum absolute atomic E-state index is 0.0972. The first-order valence-electron chi connectivity index (χ1n) is 6.87. The molecule has 0 amide bonds. The van der Waals surface area contributed by atoms with Gasteiger partial charge >= 0.3 is 0 Å². The summed E-state index contributed by atoms with van der Waals surface area (Å²) in [6.07, 6.45) is 13.3. The quantitative estimate of drug-likeness (QED) is 0.800. The van der Waals surface area contributed by atoms with Crippen molar-refractivity contribution in [3.05, 3.63) is 47.6 Å². The molecule has 2 unspecified atom stereocenters. The number of hydrogen-bond donors (Lipinski definition) is 2. The Morgan fingerprint density at radius 1 is 0.895 bits per heavy atom. The van der Waals surface area contributed by atoms with Gasteiger partial charge in [0.15, 0.2) is 0 Å². The van der Waals surface area contributed by atoms with E-state index in [0.717, 1.165) is 0 Å². The van der Waals surface area contributed by atoms with Gasteiger partial charge in [-0.25, -0.2) is 0 Å². The van der Waals surface area contributed by atoms with Crippen molar-refractivity contribution in [3.63, 3.8) is 0 Å². The van der Waals surface area contributed by atoms with E-state index in [-0.39, 0.29) is 5.41 Å². The summed E-state index contributed by atoms with van der Waals surface area (Å²) in [5.41, 5.74) is 0.896. The zero-order chi connectivity index (χ0) is 14.3. The van der Waals surface area contributed by atoms with Crippen LogP contribution in [0, 0.1) is 5.41 Å². The molecule has 0 saturated heterocycles. The Labute approximate surface area is 115 Å². The van der Waals surface area contributed by atoms with Crippen LogP contribution in [0.4, 0.5) is 0 Å². The molecule has 0 heterocycles.